The van der Waals surface area contributed by atoms with Gasteiger partial charge in [-0.3, -0.25) is 0 Å². The van der Waals surface area contributed by atoms with E-state index < -0.39 is 0 Å². The number of aromatic nitrogens is 2. The van der Waals surface area contributed by atoms with Crippen molar-refractivity contribution in [2.75, 3.05) is 11.9 Å². The third-order valence-corrected chi connectivity index (χ3v) is 2.82. The minimum Gasteiger partial charge on any atom is -0.340 e. The van der Waals surface area contributed by atoms with E-state index in [4.69, 9.17) is 5.26 Å². The van der Waals surface area contributed by atoms with Crippen LogP contribution in [0.2, 0.25) is 0 Å². The van der Waals surface area contributed by atoms with Gasteiger partial charge in [0.05, 0.1) is 12.5 Å². The van der Waals surface area contributed by atoms with Crippen molar-refractivity contribution in [1.29, 1.82) is 5.26 Å². The number of hydrogen-bond acceptors (Lipinski definition) is 4. The van der Waals surface area contributed by atoms with Crippen LogP contribution < -0.4 is 4.90 Å². The molecular formula is C13H20N4. The number of rotatable bonds is 4. The van der Waals surface area contributed by atoms with Crippen LogP contribution in [0.15, 0.2) is 6.07 Å². The van der Waals surface area contributed by atoms with E-state index in [1.165, 1.54) is 0 Å². The fourth-order valence-corrected chi connectivity index (χ4v) is 1.50. The quantitative estimate of drug-likeness (QED) is 0.800. The molecule has 0 aliphatic heterocycles. The number of hydrogen-bond donors (Lipinski definition) is 0. The molecule has 0 aromatic carbocycles. The summed E-state index contributed by atoms with van der Waals surface area (Å²) in [7, 11) is 1.93. The number of nitriles is 1. The third-order valence-electron chi connectivity index (χ3n) is 2.82. The third kappa shape index (κ3) is 3.42. The van der Waals surface area contributed by atoms with Gasteiger partial charge in [0, 0.05) is 24.5 Å². The first-order valence-corrected chi connectivity index (χ1v) is 5.91. The summed E-state index contributed by atoms with van der Waals surface area (Å²) >= 11 is 0. The molecule has 0 N–H and O–H groups in total. The van der Waals surface area contributed by atoms with Gasteiger partial charge in [-0.15, -0.1) is 0 Å². The van der Waals surface area contributed by atoms with Crippen molar-refractivity contribution in [3.05, 3.63) is 17.5 Å². The van der Waals surface area contributed by atoms with Gasteiger partial charge in [0.25, 0.3) is 0 Å². The van der Waals surface area contributed by atoms with Crippen LogP contribution in [0.3, 0.4) is 0 Å². The molecule has 1 rings (SSSR count). The van der Waals surface area contributed by atoms with E-state index in [1.807, 2.05) is 31.9 Å². The van der Waals surface area contributed by atoms with Gasteiger partial charge in [-0.05, 0) is 25.8 Å². The van der Waals surface area contributed by atoms with Crippen molar-refractivity contribution < 1.29 is 0 Å². The minimum atomic E-state index is 0.127. The smallest absolute Gasteiger partial charge is 0.225 e. The molecule has 0 fully saturated rings. The van der Waals surface area contributed by atoms with E-state index in [9.17, 15) is 0 Å². The van der Waals surface area contributed by atoms with Gasteiger partial charge in [-0.2, -0.15) is 5.26 Å². The average Bonchev–Trinajstić information content (AvgIpc) is 2.27. The molecule has 0 spiro atoms. The fraction of sp³-hybridized carbons (Fsp3) is 0.615. The molecule has 4 nitrogen and oxygen atoms in total. The van der Waals surface area contributed by atoms with E-state index in [0.717, 1.165) is 11.4 Å². The minimum absolute atomic E-state index is 0.127. The lowest BCUT2D eigenvalue weighted by atomic mass is 10.1. The molecule has 17 heavy (non-hydrogen) atoms. The first-order chi connectivity index (χ1) is 7.95. The molecule has 0 aliphatic carbocycles. The summed E-state index contributed by atoms with van der Waals surface area (Å²) in [4.78, 5) is 10.9. The lowest BCUT2D eigenvalue weighted by Gasteiger charge is -2.24. The van der Waals surface area contributed by atoms with Gasteiger partial charge in [0.1, 0.15) is 0 Å². The Bertz CT molecular complexity index is 420. The second kappa shape index (κ2) is 5.62. The summed E-state index contributed by atoms with van der Waals surface area (Å²) in [6.45, 7) is 8.21. The van der Waals surface area contributed by atoms with E-state index in [2.05, 4.69) is 29.9 Å². The van der Waals surface area contributed by atoms with Crippen molar-refractivity contribution in [1.82, 2.24) is 9.97 Å². The predicted octanol–water partition coefficient (Wildman–Crippen LogP) is 2.65. The van der Waals surface area contributed by atoms with Gasteiger partial charge in [-0.1, -0.05) is 13.8 Å². The zero-order valence-electron chi connectivity index (χ0n) is 11.2. The summed E-state index contributed by atoms with van der Waals surface area (Å²) in [6.07, 6.45) is 0.477. The molecule has 1 aromatic heterocycles. The molecule has 92 valence electrons. The second-order valence-electron chi connectivity index (χ2n) is 4.71. The largest absolute Gasteiger partial charge is 0.340 e. The highest BCUT2D eigenvalue weighted by Gasteiger charge is 2.14. The Morgan fingerprint density at radius 2 is 2.00 bits per heavy atom. The highest BCUT2D eigenvalue weighted by atomic mass is 15.2. The normalized spacial score (nSPS) is 12.3. The van der Waals surface area contributed by atoms with E-state index >= 15 is 0 Å². The molecule has 1 unspecified atom stereocenters. The number of nitrogens with zero attached hydrogens (tertiary/aromatic N) is 4. The topological polar surface area (TPSA) is 52.8 Å². The highest BCUT2D eigenvalue weighted by molar-refractivity contribution is 5.33. The Hall–Kier alpha value is -1.63. The van der Waals surface area contributed by atoms with E-state index in [-0.39, 0.29) is 6.04 Å². The maximum Gasteiger partial charge on any atom is 0.225 e. The van der Waals surface area contributed by atoms with Crippen molar-refractivity contribution >= 4 is 5.95 Å². The highest BCUT2D eigenvalue weighted by Crippen LogP contribution is 2.17. The van der Waals surface area contributed by atoms with Gasteiger partial charge < -0.3 is 4.90 Å². The van der Waals surface area contributed by atoms with Gasteiger partial charge >= 0.3 is 0 Å². The fourth-order valence-electron chi connectivity index (χ4n) is 1.50. The van der Waals surface area contributed by atoms with Crippen LogP contribution in [-0.2, 0) is 0 Å². The molecule has 0 radical (unpaired) electrons. The summed E-state index contributed by atoms with van der Waals surface area (Å²) in [5.74, 6) is 1.09. The summed E-state index contributed by atoms with van der Waals surface area (Å²) in [5, 5.41) is 8.71. The molecule has 1 atom stereocenters. The van der Waals surface area contributed by atoms with Crippen LogP contribution in [0, 0.1) is 18.3 Å². The Balaban J connectivity index is 3.01. The second-order valence-corrected chi connectivity index (χ2v) is 4.71. The first kappa shape index (κ1) is 13.4. The number of aryl methyl sites for hydroxylation is 1. The van der Waals surface area contributed by atoms with Crippen LogP contribution in [0.1, 0.15) is 44.5 Å². The Morgan fingerprint density at radius 1 is 1.35 bits per heavy atom. The molecule has 0 aliphatic rings. The molecule has 1 aromatic rings. The lowest BCUT2D eigenvalue weighted by molar-refractivity contribution is 0.674. The van der Waals surface area contributed by atoms with E-state index in [0.29, 0.717) is 18.3 Å². The standard InChI is InChI=1S/C13H20N4/c1-9(2)12-8-10(3)15-13(16-12)17(5)11(4)6-7-14/h8-9,11H,6H2,1-5H3. The molecule has 1 heterocycles. The number of anilines is 1. The Kier molecular flexibility index (Phi) is 4.45. The molecule has 4 heteroatoms. The molecule has 0 amide bonds. The van der Waals surface area contributed by atoms with Crippen molar-refractivity contribution in [2.24, 2.45) is 0 Å². The predicted molar refractivity (Wildman–Crippen MR) is 69.0 cm³/mol. The van der Waals surface area contributed by atoms with Crippen molar-refractivity contribution in [3.63, 3.8) is 0 Å². The van der Waals surface area contributed by atoms with Gasteiger partial charge in [0.2, 0.25) is 5.95 Å². The van der Waals surface area contributed by atoms with Crippen LogP contribution in [-0.4, -0.2) is 23.1 Å². The Labute approximate surface area is 103 Å². The monoisotopic (exact) mass is 232 g/mol. The van der Waals surface area contributed by atoms with Crippen molar-refractivity contribution in [2.45, 2.75) is 46.1 Å². The van der Waals surface area contributed by atoms with Crippen LogP contribution in [0.5, 0.6) is 0 Å². The summed E-state index contributed by atoms with van der Waals surface area (Å²) in [6, 6.07) is 4.31. The van der Waals surface area contributed by atoms with E-state index in [1.54, 1.807) is 0 Å². The van der Waals surface area contributed by atoms with Gasteiger partial charge in [0.15, 0.2) is 0 Å². The SMILES string of the molecule is Cc1cc(C(C)C)nc(N(C)C(C)CC#N)n1. The average molecular weight is 232 g/mol. The zero-order chi connectivity index (χ0) is 13.0. The summed E-state index contributed by atoms with van der Waals surface area (Å²) < 4.78 is 0. The summed E-state index contributed by atoms with van der Waals surface area (Å²) in [5.41, 5.74) is 2.01. The molecule has 0 saturated heterocycles. The zero-order valence-corrected chi connectivity index (χ0v) is 11.2. The van der Waals surface area contributed by atoms with Gasteiger partial charge in [-0.25, -0.2) is 9.97 Å². The molecule has 0 saturated carbocycles. The van der Waals surface area contributed by atoms with Crippen LogP contribution in [0.25, 0.3) is 0 Å². The lowest BCUT2D eigenvalue weighted by Crippen LogP contribution is -2.30. The maximum atomic E-state index is 8.71. The molecule has 0 bridgehead atoms. The van der Waals surface area contributed by atoms with Crippen molar-refractivity contribution in [3.8, 4) is 6.07 Å². The van der Waals surface area contributed by atoms with Crippen LogP contribution in [0.4, 0.5) is 5.95 Å². The Morgan fingerprint density at radius 3 is 2.53 bits per heavy atom. The maximum absolute atomic E-state index is 8.71. The van der Waals surface area contributed by atoms with Crippen LogP contribution >= 0.6 is 0 Å². The first-order valence-electron chi connectivity index (χ1n) is 5.91. The molecular weight excluding hydrogens is 212 g/mol.